The summed E-state index contributed by atoms with van der Waals surface area (Å²) in [5.74, 6) is 0. The van der Waals surface area contributed by atoms with Crippen molar-refractivity contribution >= 4 is 19.4 Å². The fourth-order valence-electron chi connectivity index (χ4n) is 0.167. The molecule has 0 heterocycles. The number of ether oxygens (including phenoxy) is 2. The van der Waals surface area contributed by atoms with Crippen LogP contribution < -0.4 is 51.4 Å². The minimum atomic E-state index is -0.931. The molecule has 0 saturated heterocycles. The Balaban J connectivity index is -0.0000000437. The molecule has 0 aliphatic carbocycles. The van der Waals surface area contributed by atoms with E-state index >= 15 is 0 Å². The van der Waals surface area contributed by atoms with Gasteiger partial charge in [0.05, 0.1) is 13.2 Å². The smallest absolute Gasteiger partial charge is 1.00 e. The Morgan fingerprint density at radius 1 is 1.20 bits per heavy atom. The number of rotatable bonds is 3. The molecule has 0 aromatic rings. The summed E-state index contributed by atoms with van der Waals surface area (Å²) in [6, 6.07) is 0. The maximum absolute atomic E-state index is 4.95. The summed E-state index contributed by atoms with van der Waals surface area (Å²) in [7, 11) is 13.2. The summed E-state index contributed by atoms with van der Waals surface area (Å²) in [6.45, 7) is 1.38. The second-order valence-corrected chi connectivity index (χ2v) is 5.71. The van der Waals surface area contributed by atoms with Gasteiger partial charge in [0.25, 0.3) is 0 Å². The van der Waals surface area contributed by atoms with Crippen molar-refractivity contribution in [3.63, 3.8) is 0 Å². The zero-order chi connectivity index (χ0) is 7.54. The predicted octanol–water partition coefficient (Wildman–Crippen LogP) is -1.23. The van der Waals surface area contributed by atoms with Crippen molar-refractivity contribution in [3.8, 4) is 0 Å². The summed E-state index contributed by atoms with van der Waals surface area (Å²) in [6.07, 6.45) is 0. The van der Waals surface area contributed by atoms with E-state index in [0.717, 1.165) is 0 Å². The first kappa shape index (κ1) is 18.5. The molecule has 56 valence electrons. The minimum Gasteiger partial charge on any atom is -1.00 e. The molecule has 0 radical (unpaired) electrons. The van der Waals surface area contributed by atoms with Crippen LogP contribution in [0.2, 0.25) is 0 Å². The molecule has 0 fully saturated rings. The molecular formula is C4H11Cl2KO2Zn. The topological polar surface area (TPSA) is 18.5 Å². The molecule has 0 rings (SSSR count). The zero-order valence-corrected chi connectivity index (χ0v) is 14.3. The monoisotopic (exact) mass is 264 g/mol. The third-order valence-corrected chi connectivity index (χ3v) is 0.492. The van der Waals surface area contributed by atoms with Crippen molar-refractivity contribution in [2.24, 2.45) is 0 Å². The van der Waals surface area contributed by atoms with Gasteiger partial charge in [-0.3, -0.25) is 0 Å². The van der Waals surface area contributed by atoms with E-state index in [2.05, 4.69) is 9.47 Å². The average molecular weight is 267 g/mol. The van der Waals surface area contributed by atoms with E-state index in [4.69, 9.17) is 19.4 Å². The number of hydrogen-bond donors (Lipinski definition) is 0. The molecule has 6 heteroatoms. The van der Waals surface area contributed by atoms with Crippen LogP contribution in [0.25, 0.3) is 0 Å². The van der Waals surface area contributed by atoms with E-state index in [1.807, 2.05) is 0 Å². The van der Waals surface area contributed by atoms with Crippen LogP contribution in [-0.4, -0.2) is 27.4 Å². The van der Waals surface area contributed by atoms with E-state index in [9.17, 15) is 0 Å². The van der Waals surface area contributed by atoms with Crippen molar-refractivity contribution < 1.29 is 77.4 Å². The van der Waals surface area contributed by atoms with Crippen molar-refractivity contribution in [2.75, 3.05) is 27.4 Å². The van der Waals surface area contributed by atoms with Gasteiger partial charge in [-0.2, -0.15) is 0 Å². The van der Waals surface area contributed by atoms with Crippen LogP contribution >= 0.6 is 19.4 Å². The fraction of sp³-hybridized carbons (Fsp3) is 1.00. The largest absolute Gasteiger partial charge is 1.00 e. The van der Waals surface area contributed by atoms with E-state index in [1.165, 1.54) is 0 Å². The fourth-order valence-corrected chi connectivity index (χ4v) is 0.167. The van der Waals surface area contributed by atoms with Gasteiger partial charge in [0.2, 0.25) is 0 Å². The van der Waals surface area contributed by atoms with E-state index in [-0.39, 0.29) is 52.8 Å². The second-order valence-electron chi connectivity index (χ2n) is 1.09. The van der Waals surface area contributed by atoms with Gasteiger partial charge in [-0.15, -0.1) is 0 Å². The summed E-state index contributed by atoms with van der Waals surface area (Å²) < 4.78 is 9.31. The predicted molar refractivity (Wildman–Crippen MR) is 36.6 cm³/mol. The first-order valence-electron chi connectivity index (χ1n) is 2.43. The molecule has 0 unspecified atom stereocenters. The Bertz CT molecular complexity index is 45.3. The zero-order valence-electron chi connectivity index (χ0n) is 7.69. The summed E-state index contributed by atoms with van der Waals surface area (Å²) >= 11 is -0.931. The van der Waals surface area contributed by atoms with Gasteiger partial charge >= 0.3 is 85.9 Å². The van der Waals surface area contributed by atoms with Gasteiger partial charge in [-0.1, -0.05) is 0 Å². The molecule has 0 aromatic carbocycles. The third kappa shape index (κ3) is 30.9. The number of halogens is 2. The Kier molecular flexibility index (Phi) is 41.9. The van der Waals surface area contributed by atoms with Gasteiger partial charge in [0.1, 0.15) is 0 Å². The van der Waals surface area contributed by atoms with Crippen LogP contribution in [0.15, 0.2) is 0 Å². The van der Waals surface area contributed by atoms with Crippen molar-refractivity contribution in [2.45, 2.75) is 0 Å². The Morgan fingerprint density at radius 3 is 1.50 bits per heavy atom. The van der Waals surface area contributed by atoms with Crippen molar-refractivity contribution in [1.29, 1.82) is 0 Å². The molecule has 0 saturated carbocycles. The van der Waals surface area contributed by atoms with Crippen LogP contribution in [0, 0.1) is 0 Å². The molecule has 0 spiro atoms. The van der Waals surface area contributed by atoms with Gasteiger partial charge in [-0.25, -0.2) is 0 Å². The first-order chi connectivity index (χ1) is 4.33. The van der Waals surface area contributed by atoms with Crippen molar-refractivity contribution in [1.82, 2.24) is 0 Å². The van der Waals surface area contributed by atoms with Crippen LogP contribution in [0.5, 0.6) is 0 Å². The number of methoxy groups -OCH3 is 2. The Labute approximate surface area is 122 Å². The summed E-state index contributed by atoms with van der Waals surface area (Å²) in [4.78, 5) is 0. The van der Waals surface area contributed by atoms with E-state index < -0.39 is 15.1 Å². The van der Waals surface area contributed by atoms with Gasteiger partial charge in [0.15, 0.2) is 0 Å². The van der Waals surface area contributed by atoms with Crippen LogP contribution in [-0.2, 0) is 24.6 Å². The van der Waals surface area contributed by atoms with Gasteiger partial charge < -0.3 is 10.9 Å². The quantitative estimate of drug-likeness (QED) is 0.471. The Hall–Kier alpha value is 2.76. The molecule has 0 amide bonds. The molecule has 0 atom stereocenters. The molecule has 0 N–H and O–H groups in total. The molecule has 2 nitrogen and oxygen atoms in total. The van der Waals surface area contributed by atoms with Crippen LogP contribution in [0.4, 0.5) is 0 Å². The normalized spacial score (nSPS) is 6.40. The first-order valence-corrected chi connectivity index (χ1v) is 10.2. The second kappa shape index (κ2) is 22.6. The molecule has 0 aliphatic heterocycles. The Morgan fingerprint density at radius 2 is 1.40 bits per heavy atom. The molecule has 0 aliphatic rings. The molecule has 10 heavy (non-hydrogen) atoms. The molecular weight excluding hydrogens is 255 g/mol. The van der Waals surface area contributed by atoms with Crippen LogP contribution in [0.3, 0.4) is 0 Å². The van der Waals surface area contributed by atoms with Gasteiger partial charge in [0, 0.05) is 14.2 Å². The van der Waals surface area contributed by atoms with E-state index in [0.29, 0.717) is 13.2 Å². The minimum absolute atomic E-state index is 0. The van der Waals surface area contributed by atoms with Crippen molar-refractivity contribution in [3.05, 3.63) is 0 Å². The van der Waals surface area contributed by atoms with E-state index in [1.54, 1.807) is 14.2 Å². The van der Waals surface area contributed by atoms with Gasteiger partial charge in [-0.05, 0) is 0 Å². The average Bonchev–Trinajstić information content (AvgIpc) is 1.86. The SMILES string of the molecule is COCCOC.[Cl][Zn][Cl].[H-].[K+]. The maximum atomic E-state index is 4.95. The summed E-state index contributed by atoms with van der Waals surface area (Å²) in [5.41, 5.74) is 0. The summed E-state index contributed by atoms with van der Waals surface area (Å²) in [5, 5.41) is 0. The standard InChI is InChI=1S/C4H10O2.2ClH.K.Zn.H/c1-5-3-4-6-2;;;;;/h3-4H2,1-2H3;2*1H;;;/q;;;+1;+2;-1/p-2. The van der Waals surface area contributed by atoms with Crippen LogP contribution in [0.1, 0.15) is 1.43 Å². The molecule has 0 aromatic heterocycles. The number of hydrogen-bond acceptors (Lipinski definition) is 2. The maximum Gasteiger partial charge on any atom is 1.00 e. The third-order valence-electron chi connectivity index (χ3n) is 0.492. The molecule has 0 bridgehead atoms.